The normalized spacial score (nSPS) is 25.5. The molecule has 2 amide bonds. The van der Waals surface area contributed by atoms with Crippen molar-refractivity contribution in [3.05, 3.63) is 0 Å². The Morgan fingerprint density at radius 3 is 1.74 bits per heavy atom. The van der Waals surface area contributed by atoms with Crippen molar-refractivity contribution in [2.75, 3.05) is 39.3 Å². The van der Waals surface area contributed by atoms with Crippen LogP contribution in [0.5, 0.6) is 0 Å². The number of carbonyl (C=O) groups is 2. The number of nitrogens with one attached hydrogen (secondary N) is 1. The molecule has 5 nitrogen and oxygen atoms in total. The van der Waals surface area contributed by atoms with Crippen molar-refractivity contribution < 1.29 is 9.59 Å². The van der Waals surface area contributed by atoms with Gasteiger partial charge in [-0.25, -0.2) is 0 Å². The van der Waals surface area contributed by atoms with Crippen LogP contribution < -0.4 is 5.32 Å². The highest BCUT2D eigenvalue weighted by Gasteiger charge is 2.36. The number of hydrogen-bond acceptors (Lipinski definition) is 3. The first-order valence-corrected chi connectivity index (χ1v) is 7.54. The van der Waals surface area contributed by atoms with Gasteiger partial charge in [-0.1, -0.05) is 0 Å². The van der Waals surface area contributed by atoms with E-state index < -0.39 is 0 Å². The van der Waals surface area contributed by atoms with Gasteiger partial charge in [0.15, 0.2) is 0 Å². The summed E-state index contributed by atoms with van der Waals surface area (Å²) in [7, 11) is 0. The van der Waals surface area contributed by atoms with Gasteiger partial charge >= 0.3 is 0 Å². The van der Waals surface area contributed by atoms with E-state index in [2.05, 4.69) is 5.32 Å². The molecule has 0 aromatic carbocycles. The molecule has 2 heterocycles. The minimum atomic E-state index is 0.140. The first-order chi connectivity index (χ1) is 9.25. The van der Waals surface area contributed by atoms with Gasteiger partial charge in [0.1, 0.15) is 0 Å². The summed E-state index contributed by atoms with van der Waals surface area (Å²) in [6.45, 7) is 5.03. The van der Waals surface area contributed by atoms with E-state index in [1.54, 1.807) is 0 Å². The second-order valence-electron chi connectivity index (χ2n) is 5.95. The summed E-state index contributed by atoms with van der Waals surface area (Å²) < 4.78 is 0. The summed E-state index contributed by atoms with van der Waals surface area (Å²) in [5.74, 6) is 1.08. The molecule has 0 unspecified atom stereocenters. The lowest BCUT2D eigenvalue weighted by molar-refractivity contribution is -0.141. The van der Waals surface area contributed by atoms with Gasteiger partial charge in [0.25, 0.3) is 0 Å². The predicted molar refractivity (Wildman–Crippen MR) is 71.5 cm³/mol. The molecule has 0 aromatic heterocycles. The Morgan fingerprint density at radius 1 is 0.737 bits per heavy atom. The maximum atomic E-state index is 12.4. The van der Waals surface area contributed by atoms with Gasteiger partial charge in [-0.2, -0.15) is 0 Å². The fraction of sp³-hybridized carbons (Fsp3) is 0.857. The molecule has 1 aliphatic carbocycles. The average Bonchev–Trinajstić information content (AvgIpc) is 3.31. The lowest BCUT2D eigenvalue weighted by Gasteiger charge is -2.35. The molecule has 3 fully saturated rings. The molecular weight excluding hydrogens is 242 g/mol. The van der Waals surface area contributed by atoms with E-state index in [1.807, 2.05) is 9.80 Å². The number of piperidine rings is 1. The molecular formula is C14H23N3O2. The van der Waals surface area contributed by atoms with E-state index in [9.17, 15) is 9.59 Å². The Morgan fingerprint density at radius 2 is 1.21 bits per heavy atom. The highest BCUT2D eigenvalue weighted by molar-refractivity contribution is 5.82. The van der Waals surface area contributed by atoms with E-state index in [-0.39, 0.29) is 5.92 Å². The van der Waals surface area contributed by atoms with E-state index in [0.717, 1.165) is 65.0 Å². The fourth-order valence-corrected chi connectivity index (χ4v) is 3.08. The van der Waals surface area contributed by atoms with Crippen LogP contribution >= 0.6 is 0 Å². The van der Waals surface area contributed by atoms with E-state index in [0.29, 0.717) is 17.7 Å². The van der Waals surface area contributed by atoms with Gasteiger partial charge in [-0.15, -0.1) is 0 Å². The summed E-state index contributed by atoms with van der Waals surface area (Å²) in [6.07, 6.45) is 3.83. The monoisotopic (exact) mass is 265 g/mol. The van der Waals surface area contributed by atoms with Gasteiger partial charge in [-0.3, -0.25) is 9.59 Å². The number of amides is 2. The van der Waals surface area contributed by atoms with Crippen molar-refractivity contribution in [3.8, 4) is 0 Å². The molecule has 1 saturated carbocycles. The van der Waals surface area contributed by atoms with Gasteiger partial charge in [0.05, 0.1) is 0 Å². The largest absolute Gasteiger partial charge is 0.342 e. The van der Waals surface area contributed by atoms with Gasteiger partial charge in [0, 0.05) is 51.1 Å². The average molecular weight is 265 g/mol. The van der Waals surface area contributed by atoms with Gasteiger partial charge in [0.2, 0.25) is 11.8 Å². The highest BCUT2D eigenvalue weighted by Crippen LogP contribution is 2.32. The van der Waals surface area contributed by atoms with Gasteiger partial charge in [-0.05, 0) is 25.7 Å². The maximum absolute atomic E-state index is 12.4. The standard InChI is InChI=1S/C14H23N3O2/c18-13(11-1-2-11)16-7-3-12(4-8-16)14(19)17-9-5-15-6-10-17/h11-12,15H,1-10H2. The zero-order valence-corrected chi connectivity index (χ0v) is 11.4. The third-order valence-electron chi connectivity index (χ3n) is 4.51. The SMILES string of the molecule is O=C(C1CCN(C(=O)C2CC2)CC1)N1CCNCC1. The van der Waals surface area contributed by atoms with E-state index in [4.69, 9.17) is 0 Å². The lowest BCUT2D eigenvalue weighted by Crippen LogP contribution is -2.50. The van der Waals surface area contributed by atoms with Crippen molar-refractivity contribution in [3.63, 3.8) is 0 Å². The molecule has 0 atom stereocenters. The quantitative estimate of drug-likeness (QED) is 0.768. The molecule has 0 radical (unpaired) electrons. The number of nitrogens with zero attached hydrogens (tertiary/aromatic N) is 2. The zero-order chi connectivity index (χ0) is 13.2. The van der Waals surface area contributed by atoms with Crippen LogP contribution in [0.3, 0.4) is 0 Å². The zero-order valence-electron chi connectivity index (χ0n) is 11.4. The first kappa shape index (κ1) is 12.9. The van der Waals surface area contributed by atoms with Crippen LogP contribution in [-0.2, 0) is 9.59 Å². The summed E-state index contributed by atoms with van der Waals surface area (Å²) in [4.78, 5) is 28.3. The third kappa shape index (κ3) is 2.91. The maximum Gasteiger partial charge on any atom is 0.225 e. The van der Waals surface area contributed by atoms with Gasteiger partial charge < -0.3 is 15.1 Å². The number of carbonyl (C=O) groups excluding carboxylic acids is 2. The summed E-state index contributed by atoms with van der Waals surface area (Å²) in [5, 5.41) is 3.27. The topological polar surface area (TPSA) is 52.7 Å². The van der Waals surface area contributed by atoms with Crippen molar-refractivity contribution >= 4 is 11.8 Å². The molecule has 19 heavy (non-hydrogen) atoms. The van der Waals surface area contributed by atoms with Crippen LogP contribution in [0.15, 0.2) is 0 Å². The molecule has 0 spiro atoms. The number of likely N-dealkylation sites (tertiary alicyclic amines) is 1. The highest BCUT2D eigenvalue weighted by atomic mass is 16.2. The molecule has 3 rings (SSSR count). The molecule has 0 bridgehead atoms. The molecule has 5 heteroatoms. The van der Waals surface area contributed by atoms with Crippen LogP contribution in [0, 0.1) is 11.8 Å². The molecule has 3 aliphatic rings. The lowest BCUT2D eigenvalue weighted by atomic mass is 9.94. The van der Waals surface area contributed by atoms with E-state index in [1.165, 1.54) is 0 Å². The third-order valence-corrected chi connectivity index (χ3v) is 4.51. The number of piperazine rings is 1. The predicted octanol–water partition coefficient (Wildman–Crippen LogP) is 0.0668. The Labute approximate surface area is 114 Å². The molecule has 0 aromatic rings. The van der Waals surface area contributed by atoms with Crippen molar-refractivity contribution in [2.24, 2.45) is 11.8 Å². The van der Waals surface area contributed by atoms with Crippen LogP contribution in [0.25, 0.3) is 0 Å². The van der Waals surface area contributed by atoms with Crippen LogP contribution in [0.1, 0.15) is 25.7 Å². The van der Waals surface area contributed by atoms with Crippen LogP contribution in [0.2, 0.25) is 0 Å². The molecule has 106 valence electrons. The Hall–Kier alpha value is -1.10. The summed E-state index contributed by atoms with van der Waals surface area (Å²) in [6, 6.07) is 0. The van der Waals surface area contributed by atoms with Crippen molar-refractivity contribution in [2.45, 2.75) is 25.7 Å². The van der Waals surface area contributed by atoms with Crippen molar-refractivity contribution in [1.29, 1.82) is 0 Å². The number of rotatable bonds is 2. The molecule has 2 saturated heterocycles. The Kier molecular flexibility index (Phi) is 3.73. The minimum Gasteiger partial charge on any atom is -0.342 e. The van der Waals surface area contributed by atoms with Crippen LogP contribution in [-0.4, -0.2) is 60.9 Å². The number of hydrogen-bond donors (Lipinski definition) is 1. The fourth-order valence-electron chi connectivity index (χ4n) is 3.08. The second-order valence-corrected chi connectivity index (χ2v) is 5.95. The summed E-state index contributed by atoms with van der Waals surface area (Å²) >= 11 is 0. The summed E-state index contributed by atoms with van der Waals surface area (Å²) in [5.41, 5.74) is 0. The molecule has 1 N–H and O–H groups in total. The minimum absolute atomic E-state index is 0.140. The first-order valence-electron chi connectivity index (χ1n) is 7.54. The smallest absolute Gasteiger partial charge is 0.225 e. The Bertz CT molecular complexity index is 354. The molecule has 2 aliphatic heterocycles. The van der Waals surface area contributed by atoms with Crippen molar-refractivity contribution in [1.82, 2.24) is 15.1 Å². The Balaban J connectivity index is 1.48. The van der Waals surface area contributed by atoms with E-state index >= 15 is 0 Å². The second kappa shape index (κ2) is 5.49. The van der Waals surface area contributed by atoms with Crippen LogP contribution in [0.4, 0.5) is 0 Å².